The van der Waals surface area contributed by atoms with Crippen LogP contribution in [0.2, 0.25) is 0 Å². The molecule has 1 saturated heterocycles. The van der Waals surface area contributed by atoms with E-state index in [4.69, 9.17) is 23.2 Å². The molecule has 0 spiro atoms. The number of ketones is 1. The zero-order chi connectivity index (χ0) is 37.9. The summed E-state index contributed by atoms with van der Waals surface area (Å²) in [6.07, 6.45) is 36.4. The van der Waals surface area contributed by atoms with Crippen LogP contribution in [0.5, 0.6) is 0 Å². The van der Waals surface area contributed by atoms with E-state index in [1.807, 2.05) is 5.01 Å². The van der Waals surface area contributed by atoms with Gasteiger partial charge in [0.15, 0.2) is 0 Å². The van der Waals surface area contributed by atoms with Gasteiger partial charge in [-0.25, -0.2) is 11.7 Å². The second-order valence-corrected chi connectivity index (χ2v) is 15.7. The summed E-state index contributed by atoms with van der Waals surface area (Å²) in [6, 6.07) is 0. The quantitative estimate of drug-likeness (QED) is 0.0279. The molecule has 306 valence electrons. The molecule has 0 amide bonds. The van der Waals surface area contributed by atoms with Crippen LogP contribution >= 0.6 is 0 Å². The van der Waals surface area contributed by atoms with Crippen LogP contribution in [0.15, 0.2) is 23.8 Å². The minimum Gasteiger partial charge on any atom is -0.403 e. The molecule has 52 heavy (non-hydrogen) atoms. The number of hydrazine groups is 2. The first-order valence-electron chi connectivity index (χ1n) is 22.3. The first kappa shape index (κ1) is 48.2. The van der Waals surface area contributed by atoms with Crippen LogP contribution in [-0.4, -0.2) is 78.0 Å². The van der Waals surface area contributed by atoms with Crippen molar-refractivity contribution in [1.82, 2.24) is 19.8 Å². The number of hydrogen-bond donors (Lipinski definition) is 4. The van der Waals surface area contributed by atoms with Gasteiger partial charge in [0.25, 0.3) is 0 Å². The van der Waals surface area contributed by atoms with Crippen LogP contribution in [0.25, 0.3) is 0 Å². The van der Waals surface area contributed by atoms with Gasteiger partial charge in [0.1, 0.15) is 5.78 Å². The van der Waals surface area contributed by atoms with E-state index in [1.54, 1.807) is 17.4 Å². The summed E-state index contributed by atoms with van der Waals surface area (Å²) in [5.41, 5.74) is 14.0. The first-order chi connectivity index (χ1) is 25.4. The third kappa shape index (κ3) is 26.9. The molecule has 1 rings (SSSR count). The van der Waals surface area contributed by atoms with E-state index in [9.17, 15) is 4.79 Å². The lowest BCUT2D eigenvalue weighted by molar-refractivity contribution is -0.119. The predicted molar refractivity (Wildman–Crippen MR) is 225 cm³/mol. The molecule has 0 aromatic heterocycles. The number of nitrogens with two attached hydrogens (primary N) is 4. The number of Topliss-reactive ketones (excluding diaryl/α,β-unsaturated/α-hetero) is 1. The van der Waals surface area contributed by atoms with Crippen LogP contribution in [0.1, 0.15) is 194 Å². The highest BCUT2D eigenvalue weighted by Gasteiger charge is 2.14. The highest BCUT2D eigenvalue weighted by atomic mass is 16.1. The SMILES string of the molecule is CCCCCCCCCCCN(N)/C(=C\N)CCCCN(CCCN1CCCC1)CCC(=O)CCC/C(=C/N)N(N)CCCCCCCCCCC. The average molecular weight is 733 g/mol. The van der Waals surface area contributed by atoms with Gasteiger partial charge in [0, 0.05) is 56.3 Å². The molecule has 1 fully saturated rings. The highest BCUT2D eigenvalue weighted by Crippen LogP contribution is 2.16. The molecule has 0 unspecified atom stereocenters. The highest BCUT2D eigenvalue weighted by molar-refractivity contribution is 5.78. The summed E-state index contributed by atoms with van der Waals surface area (Å²) >= 11 is 0. The number of likely N-dealkylation sites (tertiary alicyclic amines) is 1. The van der Waals surface area contributed by atoms with E-state index in [1.165, 1.54) is 129 Å². The summed E-state index contributed by atoms with van der Waals surface area (Å²) in [6.45, 7) is 12.8. The number of hydrogen-bond acceptors (Lipinski definition) is 9. The standard InChI is InChI=1S/C43H88N8O/c1-3-5-7-9-11-13-15-17-20-36-50(46)41(39-44)27-19-22-31-49(35-26-34-48-32-23-24-33-48)38-30-43(52)29-25-28-42(40-45)51(47)37-21-18-16-14-12-10-8-6-4-2/h39-40H,3-38,44-47H2,1-2H3/b41-39-,42-40-. The smallest absolute Gasteiger partial charge is 0.134 e. The van der Waals surface area contributed by atoms with Crippen molar-refractivity contribution in [2.75, 3.05) is 52.4 Å². The lowest BCUT2D eigenvalue weighted by Gasteiger charge is -2.25. The molecule has 1 aliphatic rings. The van der Waals surface area contributed by atoms with Crippen LogP contribution in [0, 0.1) is 0 Å². The Bertz CT molecular complexity index is 875. The van der Waals surface area contributed by atoms with Crippen molar-refractivity contribution in [1.29, 1.82) is 0 Å². The summed E-state index contributed by atoms with van der Waals surface area (Å²) in [5.74, 6) is 13.1. The number of unbranched alkanes of at least 4 members (excludes halogenated alkanes) is 17. The third-order valence-electron chi connectivity index (χ3n) is 11.0. The number of carbonyl (C=O) groups excluding carboxylic acids is 1. The van der Waals surface area contributed by atoms with E-state index in [-0.39, 0.29) is 0 Å². The van der Waals surface area contributed by atoms with Gasteiger partial charge in [0.05, 0.1) is 0 Å². The van der Waals surface area contributed by atoms with Gasteiger partial charge in [-0.1, -0.05) is 117 Å². The van der Waals surface area contributed by atoms with Gasteiger partial charge >= 0.3 is 0 Å². The maximum absolute atomic E-state index is 13.0. The van der Waals surface area contributed by atoms with Gasteiger partial charge in [-0.15, -0.1) is 0 Å². The molecule has 1 heterocycles. The van der Waals surface area contributed by atoms with Gasteiger partial charge < -0.3 is 31.3 Å². The lowest BCUT2D eigenvalue weighted by atomic mass is 10.1. The maximum atomic E-state index is 13.0. The summed E-state index contributed by atoms with van der Waals surface area (Å²) in [5, 5.41) is 3.68. The Morgan fingerprint density at radius 2 is 0.923 bits per heavy atom. The minimum absolute atomic E-state index is 0.340. The van der Waals surface area contributed by atoms with Crippen LogP contribution in [0.4, 0.5) is 0 Å². The van der Waals surface area contributed by atoms with Crippen LogP contribution < -0.4 is 23.2 Å². The fourth-order valence-corrected chi connectivity index (χ4v) is 7.49. The fraction of sp³-hybridized carbons (Fsp3) is 0.884. The summed E-state index contributed by atoms with van der Waals surface area (Å²) in [4.78, 5) is 18.1. The molecule has 8 N–H and O–H groups in total. The Morgan fingerprint density at radius 1 is 0.500 bits per heavy atom. The van der Waals surface area contributed by atoms with Crippen LogP contribution in [-0.2, 0) is 4.79 Å². The molecular formula is C43H88N8O. The van der Waals surface area contributed by atoms with Crippen molar-refractivity contribution < 1.29 is 4.79 Å². The molecule has 1 aliphatic heterocycles. The summed E-state index contributed by atoms with van der Waals surface area (Å²) in [7, 11) is 0. The zero-order valence-electron chi connectivity index (χ0n) is 34.6. The fourth-order valence-electron chi connectivity index (χ4n) is 7.49. The van der Waals surface area contributed by atoms with Gasteiger partial charge in [-0.3, -0.25) is 4.79 Å². The zero-order valence-corrected chi connectivity index (χ0v) is 34.6. The van der Waals surface area contributed by atoms with Crippen molar-refractivity contribution in [2.45, 2.75) is 194 Å². The summed E-state index contributed by atoms with van der Waals surface area (Å²) < 4.78 is 0. The third-order valence-corrected chi connectivity index (χ3v) is 11.0. The van der Waals surface area contributed by atoms with Gasteiger partial charge in [-0.2, -0.15) is 0 Å². The van der Waals surface area contributed by atoms with Crippen molar-refractivity contribution >= 4 is 5.78 Å². The molecule has 0 saturated carbocycles. The monoisotopic (exact) mass is 733 g/mol. The molecule has 9 nitrogen and oxygen atoms in total. The first-order valence-corrected chi connectivity index (χ1v) is 22.3. The second-order valence-electron chi connectivity index (χ2n) is 15.7. The number of nitrogens with zero attached hydrogens (tertiary/aromatic N) is 4. The largest absolute Gasteiger partial charge is 0.403 e. The van der Waals surface area contributed by atoms with E-state index < -0.39 is 0 Å². The Morgan fingerprint density at radius 3 is 1.40 bits per heavy atom. The minimum atomic E-state index is 0.340. The van der Waals surface area contributed by atoms with Gasteiger partial charge in [0.2, 0.25) is 0 Å². The molecule has 0 aliphatic carbocycles. The average Bonchev–Trinajstić information content (AvgIpc) is 3.67. The van der Waals surface area contributed by atoms with Crippen molar-refractivity contribution in [3.63, 3.8) is 0 Å². The Kier molecular flexibility index (Phi) is 32.4. The van der Waals surface area contributed by atoms with Crippen molar-refractivity contribution in [3.8, 4) is 0 Å². The van der Waals surface area contributed by atoms with E-state index >= 15 is 0 Å². The van der Waals surface area contributed by atoms with E-state index in [0.29, 0.717) is 18.6 Å². The van der Waals surface area contributed by atoms with Crippen molar-refractivity contribution in [3.05, 3.63) is 23.8 Å². The maximum Gasteiger partial charge on any atom is 0.134 e. The lowest BCUT2D eigenvalue weighted by Crippen LogP contribution is -2.33. The Balaban J connectivity index is 2.34. The number of rotatable bonds is 38. The Hall–Kier alpha value is -1.81. The van der Waals surface area contributed by atoms with Crippen molar-refractivity contribution in [2.24, 2.45) is 23.2 Å². The van der Waals surface area contributed by atoms with E-state index in [0.717, 1.165) is 102 Å². The molecule has 0 aromatic rings. The molecule has 9 heteroatoms. The number of carbonyl (C=O) groups is 1. The van der Waals surface area contributed by atoms with E-state index in [2.05, 4.69) is 23.6 Å². The molecule has 0 bridgehead atoms. The normalized spacial score (nSPS) is 14.2. The van der Waals surface area contributed by atoms with Crippen LogP contribution in [0.3, 0.4) is 0 Å². The second kappa shape index (κ2) is 34.9. The predicted octanol–water partition coefficient (Wildman–Crippen LogP) is 9.09. The topological polar surface area (TPSA) is 134 Å². The Labute approximate surface area is 322 Å². The molecule has 0 radical (unpaired) electrons. The number of allylic oxidation sites excluding steroid dienone is 2. The molecule has 0 atom stereocenters. The van der Waals surface area contributed by atoms with Gasteiger partial charge in [-0.05, 0) is 96.9 Å². The molecular weight excluding hydrogens is 645 g/mol. The molecule has 0 aromatic carbocycles.